The van der Waals surface area contributed by atoms with Crippen LogP contribution in [0.15, 0.2) is 24.3 Å². The molecule has 2 fully saturated rings. The predicted molar refractivity (Wildman–Crippen MR) is 125 cm³/mol. The molecule has 2 saturated carbocycles. The summed E-state index contributed by atoms with van der Waals surface area (Å²) in [4.78, 5) is 0. The molecule has 0 heterocycles. The number of alkyl halides is 3. The summed E-state index contributed by atoms with van der Waals surface area (Å²) >= 11 is 0. The van der Waals surface area contributed by atoms with Crippen LogP contribution < -0.4 is 0 Å². The first kappa shape index (κ1) is 25.3. The van der Waals surface area contributed by atoms with Crippen LogP contribution in [0.3, 0.4) is 0 Å². The standard InChI is InChI=1S/C28H40F4/c1-3-4-20(2)23-13-15-25(16-14-23)24-10-7-21(8-11-24)5-6-22-9-12-26(27(29)19-22)17-18-28(30,31)32/h9,12,17-21,23-25H,3-8,10-11,13-16H2,1-2H3/b18-17+. The van der Waals surface area contributed by atoms with Gasteiger partial charge in [0, 0.05) is 11.6 Å². The number of benzene rings is 1. The molecule has 0 bridgehead atoms. The van der Waals surface area contributed by atoms with E-state index in [0.29, 0.717) is 5.92 Å². The number of allylic oxidation sites excluding steroid dienone is 1. The maximum Gasteiger partial charge on any atom is 0.409 e. The molecule has 1 atom stereocenters. The lowest BCUT2D eigenvalue weighted by Crippen LogP contribution is -2.27. The lowest BCUT2D eigenvalue weighted by atomic mass is 9.67. The van der Waals surface area contributed by atoms with Crippen LogP contribution in [0.1, 0.15) is 95.6 Å². The Morgan fingerprint density at radius 2 is 1.59 bits per heavy atom. The number of hydrogen-bond donors (Lipinski definition) is 0. The van der Waals surface area contributed by atoms with E-state index in [1.807, 2.05) is 0 Å². The summed E-state index contributed by atoms with van der Waals surface area (Å²) in [6.45, 7) is 4.74. The Balaban J connectivity index is 1.39. The molecule has 0 aromatic heterocycles. The summed E-state index contributed by atoms with van der Waals surface area (Å²) < 4.78 is 51.0. The summed E-state index contributed by atoms with van der Waals surface area (Å²) in [7, 11) is 0. The third kappa shape index (κ3) is 7.63. The quantitative estimate of drug-likeness (QED) is 0.345. The van der Waals surface area contributed by atoms with Gasteiger partial charge in [-0.05, 0) is 98.7 Å². The van der Waals surface area contributed by atoms with Gasteiger partial charge in [-0.3, -0.25) is 0 Å². The van der Waals surface area contributed by atoms with Crippen molar-refractivity contribution in [3.05, 3.63) is 41.2 Å². The highest BCUT2D eigenvalue weighted by Crippen LogP contribution is 2.44. The molecule has 32 heavy (non-hydrogen) atoms. The Hall–Kier alpha value is -1.32. The van der Waals surface area contributed by atoms with E-state index in [1.54, 1.807) is 6.07 Å². The van der Waals surface area contributed by atoms with Gasteiger partial charge in [-0.15, -0.1) is 0 Å². The molecule has 2 aliphatic carbocycles. The largest absolute Gasteiger partial charge is 0.409 e. The first-order valence-electron chi connectivity index (χ1n) is 12.8. The second-order valence-corrected chi connectivity index (χ2v) is 10.5. The molecule has 4 heteroatoms. The molecule has 180 valence electrons. The fourth-order valence-corrected chi connectivity index (χ4v) is 6.24. The zero-order valence-electron chi connectivity index (χ0n) is 19.8. The zero-order valence-corrected chi connectivity index (χ0v) is 19.8. The summed E-state index contributed by atoms with van der Waals surface area (Å²) in [5.41, 5.74) is 0.874. The monoisotopic (exact) mass is 452 g/mol. The topological polar surface area (TPSA) is 0 Å². The molecule has 1 aromatic carbocycles. The molecule has 0 saturated heterocycles. The fraction of sp³-hybridized carbons (Fsp3) is 0.714. The molecule has 0 nitrogen and oxygen atoms in total. The van der Waals surface area contributed by atoms with Crippen molar-refractivity contribution in [2.24, 2.45) is 29.6 Å². The van der Waals surface area contributed by atoms with Crippen molar-refractivity contribution in [3.8, 4) is 0 Å². The molecule has 2 aliphatic rings. The minimum Gasteiger partial charge on any atom is -0.206 e. The molecule has 1 unspecified atom stereocenters. The predicted octanol–water partition coefficient (Wildman–Crippen LogP) is 9.38. The van der Waals surface area contributed by atoms with Crippen LogP contribution in [0.25, 0.3) is 6.08 Å². The molecule has 0 aliphatic heterocycles. The number of hydrogen-bond acceptors (Lipinski definition) is 0. The molecule has 0 radical (unpaired) electrons. The Morgan fingerprint density at radius 3 is 2.16 bits per heavy atom. The van der Waals surface area contributed by atoms with Crippen LogP contribution in [0.5, 0.6) is 0 Å². The second-order valence-electron chi connectivity index (χ2n) is 10.5. The van der Waals surface area contributed by atoms with Crippen molar-refractivity contribution in [1.82, 2.24) is 0 Å². The van der Waals surface area contributed by atoms with Crippen LogP contribution in [-0.4, -0.2) is 6.18 Å². The highest BCUT2D eigenvalue weighted by Gasteiger charge is 2.32. The molecular formula is C28H40F4. The van der Waals surface area contributed by atoms with Gasteiger partial charge < -0.3 is 0 Å². The lowest BCUT2D eigenvalue weighted by Gasteiger charge is -2.39. The summed E-state index contributed by atoms with van der Waals surface area (Å²) in [5, 5.41) is 0. The molecule has 3 rings (SSSR count). The van der Waals surface area contributed by atoms with Crippen molar-refractivity contribution in [3.63, 3.8) is 0 Å². The molecule has 0 spiro atoms. The van der Waals surface area contributed by atoms with E-state index in [-0.39, 0.29) is 11.6 Å². The smallest absolute Gasteiger partial charge is 0.206 e. The van der Waals surface area contributed by atoms with Gasteiger partial charge in [0.1, 0.15) is 5.82 Å². The average Bonchev–Trinajstić information content (AvgIpc) is 2.77. The van der Waals surface area contributed by atoms with Gasteiger partial charge in [0.25, 0.3) is 0 Å². The molecule has 1 aromatic rings. The van der Waals surface area contributed by atoms with E-state index >= 15 is 0 Å². The van der Waals surface area contributed by atoms with E-state index in [2.05, 4.69) is 13.8 Å². The van der Waals surface area contributed by atoms with Gasteiger partial charge in [-0.2, -0.15) is 13.2 Å². The maximum absolute atomic E-state index is 14.1. The number of rotatable bonds is 8. The first-order chi connectivity index (χ1) is 15.2. The highest BCUT2D eigenvalue weighted by atomic mass is 19.4. The minimum absolute atomic E-state index is 0.00890. The van der Waals surface area contributed by atoms with Gasteiger partial charge in [-0.1, -0.05) is 51.7 Å². The van der Waals surface area contributed by atoms with Gasteiger partial charge in [0.15, 0.2) is 0 Å². The number of halogens is 4. The van der Waals surface area contributed by atoms with Crippen molar-refractivity contribution in [1.29, 1.82) is 0 Å². The van der Waals surface area contributed by atoms with Gasteiger partial charge >= 0.3 is 6.18 Å². The van der Waals surface area contributed by atoms with Crippen LogP contribution in [-0.2, 0) is 6.42 Å². The van der Waals surface area contributed by atoms with Gasteiger partial charge in [0.2, 0.25) is 0 Å². The second kappa shape index (κ2) is 11.7. The third-order valence-corrected chi connectivity index (χ3v) is 8.28. The number of aryl methyl sites for hydroxylation is 1. The summed E-state index contributed by atoms with van der Waals surface area (Å²) in [6, 6.07) is 4.63. The van der Waals surface area contributed by atoms with Gasteiger partial charge in [-0.25, -0.2) is 4.39 Å². The molecule has 0 amide bonds. The third-order valence-electron chi connectivity index (χ3n) is 8.28. The van der Waals surface area contributed by atoms with E-state index in [4.69, 9.17) is 0 Å². The maximum atomic E-state index is 14.1. The summed E-state index contributed by atoms with van der Waals surface area (Å²) in [5.74, 6) is 3.77. The van der Waals surface area contributed by atoms with Crippen molar-refractivity contribution in [2.45, 2.75) is 97.1 Å². The molecular weight excluding hydrogens is 412 g/mol. The Bertz CT molecular complexity index is 719. The average molecular weight is 453 g/mol. The Labute approximate surface area is 191 Å². The van der Waals surface area contributed by atoms with E-state index < -0.39 is 12.0 Å². The van der Waals surface area contributed by atoms with Crippen molar-refractivity contribution < 1.29 is 17.6 Å². The van der Waals surface area contributed by atoms with E-state index in [0.717, 1.165) is 48.2 Å². The minimum atomic E-state index is -4.42. The fourth-order valence-electron chi connectivity index (χ4n) is 6.24. The van der Waals surface area contributed by atoms with Crippen LogP contribution in [0, 0.1) is 35.4 Å². The normalized spacial score (nSPS) is 28.2. The Kier molecular flexibility index (Phi) is 9.25. The van der Waals surface area contributed by atoms with Crippen molar-refractivity contribution in [2.75, 3.05) is 0 Å². The first-order valence-corrected chi connectivity index (χ1v) is 12.8. The summed E-state index contributed by atoms with van der Waals surface area (Å²) in [6.07, 6.45) is 11.9. The molecule has 0 N–H and O–H groups in total. The van der Waals surface area contributed by atoms with Crippen LogP contribution in [0.2, 0.25) is 0 Å². The SMILES string of the molecule is CCCC(C)C1CCC(C2CCC(CCc3ccc(/C=C/C(F)(F)F)c(F)c3)CC2)CC1. The van der Waals surface area contributed by atoms with E-state index in [1.165, 1.54) is 76.3 Å². The van der Waals surface area contributed by atoms with Crippen LogP contribution >= 0.6 is 0 Å². The Morgan fingerprint density at radius 1 is 0.969 bits per heavy atom. The van der Waals surface area contributed by atoms with Crippen LogP contribution in [0.4, 0.5) is 17.6 Å². The van der Waals surface area contributed by atoms with Gasteiger partial charge in [0.05, 0.1) is 0 Å². The lowest BCUT2D eigenvalue weighted by molar-refractivity contribution is -0.0790. The van der Waals surface area contributed by atoms with E-state index in [9.17, 15) is 17.6 Å². The van der Waals surface area contributed by atoms with Crippen molar-refractivity contribution >= 4 is 6.08 Å². The zero-order chi connectivity index (χ0) is 23.1. The highest BCUT2D eigenvalue weighted by molar-refractivity contribution is 5.51.